The lowest BCUT2D eigenvalue weighted by Gasteiger charge is -2.42. The Morgan fingerprint density at radius 1 is 1.08 bits per heavy atom. The highest BCUT2D eigenvalue weighted by molar-refractivity contribution is 7.17. The van der Waals surface area contributed by atoms with E-state index >= 15 is 0 Å². The zero-order valence-corrected chi connectivity index (χ0v) is 21.1. The first kappa shape index (κ1) is 24.6. The Labute approximate surface area is 218 Å². The minimum absolute atomic E-state index is 0.101. The predicted octanol–water partition coefficient (Wildman–Crippen LogP) is 4.11. The van der Waals surface area contributed by atoms with Gasteiger partial charge in [-0.25, -0.2) is 9.97 Å². The van der Waals surface area contributed by atoms with Crippen molar-refractivity contribution in [1.82, 2.24) is 25.6 Å². The van der Waals surface area contributed by atoms with Crippen LogP contribution in [0.25, 0.3) is 32.3 Å². The van der Waals surface area contributed by atoms with Crippen LogP contribution in [-0.4, -0.2) is 59.6 Å². The normalized spacial score (nSPS) is 18.2. The number of H-pyrrole nitrogens is 1. The molecule has 196 valence electrons. The number of fused-ring (bicyclic) bond motifs is 2. The molecule has 0 atom stereocenters. The van der Waals surface area contributed by atoms with Crippen LogP contribution in [-0.2, 0) is 9.59 Å². The number of hydrogen-bond acceptors (Lipinski definition) is 7. The fraction of sp³-hybridized carbons (Fsp3) is 0.308. The molecule has 1 saturated heterocycles. The number of imide groups is 1. The van der Waals surface area contributed by atoms with E-state index in [0.717, 1.165) is 10.2 Å². The van der Waals surface area contributed by atoms with Crippen molar-refractivity contribution in [3.05, 3.63) is 53.2 Å². The summed E-state index contributed by atoms with van der Waals surface area (Å²) in [4.78, 5) is 40.4. The van der Waals surface area contributed by atoms with Crippen molar-refractivity contribution in [3.63, 3.8) is 0 Å². The maximum atomic E-state index is 14.0. The van der Waals surface area contributed by atoms with E-state index in [2.05, 4.69) is 20.6 Å². The fourth-order valence-corrected chi connectivity index (χ4v) is 6.28. The van der Waals surface area contributed by atoms with Crippen molar-refractivity contribution in [2.24, 2.45) is 5.41 Å². The van der Waals surface area contributed by atoms with Crippen molar-refractivity contribution < 1.29 is 22.8 Å². The fourth-order valence-electron chi connectivity index (χ4n) is 5.40. The molecular formula is C26H23F3N6O2S. The van der Waals surface area contributed by atoms with Crippen LogP contribution >= 0.6 is 11.3 Å². The highest BCUT2D eigenvalue weighted by Gasteiger charge is 2.55. The van der Waals surface area contributed by atoms with Gasteiger partial charge in [-0.3, -0.25) is 14.9 Å². The van der Waals surface area contributed by atoms with Crippen molar-refractivity contribution in [3.8, 4) is 0 Å². The molecule has 6 rings (SSSR count). The Morgan fingerprint density at radius 2 is 1.82 bits per heavy atom. The van der Waals surface area contributed by atoms with Gasteiger partial charge in [0.15, 0.2) is 0 Å². The number of amides is 2. The van der Waals surface area contributed by atoms with Gasteiger partial charge < -0.3 is 15.2 Å². The standard InChI is InChI=1S/C26H23F3N6O2S/c1-30-13-25(26(27,28)29)7-9-35(10-8-25)24-32-16-5-3-2-4-14(16)20(33-24)19-18(22(36)34-23(19)37)15-12-31-17-6-11-38-21(15)17/h2-6,11-12,30-31H,7-10,13H2,1H3,(H,34,36,37). The summed E-state index contributed by atoms with van der Waals surface area (Å²) in [5.41, 5.74) is 0.759. The second-order valence-electron chi connectivity index (χ2n) is 9.58. The Kier molecular flexibility index (Phi) is 5.76. The molecule has 12 heteroatoms. The number of para-hydroxylation sites is 1. The molecule has 1 fully saturated rings. The van der Waals surface area contributed by atoms with E-state index in [-0.39, 0.29) is 55.3 Å². The molecule has 4 aromatic rings. The predicted molar refractivity (Wildman–Crippen MR) is 140 cm³/mol. The van der Waals surface area contributed by atoms with Gasteiger partial charge in [-0.2, -0.15) is 13.2 Å². The molecule has 5 heterocycles. The topological polar surface area (TPSA) is 103 Å². The smallest absolute Gasteiger partial charge is 0.360 e. The van der Waals surface area contributed by atoms with Crippen LogP contribution in [0.4, 0.5) is 19.1 Å². The van der Waals surface area contributed by atoms with Gasteiger partial charge in [0.2, 0.25) is 5.95 Å². The van der Waals surface area contributed by atoms with Crippen molar-refractivity contribution >= 4 is 61.4 Å². The third-order valence-corrected chi connectivity index (χ3v) is 8.38. The van der Waals surface area contributed by atoms with Crippen molar-refractivity contribution in [2.75, 3.05) is 31.6 Å². The number of halogens is 3. The molecule has 8 nitrogen and oxygen atoms in total. The number of alkyl halides is 3. The van der Waals surface area contributed by atoms with Crippen LogP contribution in [0.3, 0.4) is 0 Å². The average molecular weight is 541 g/mol. The van der Waals surface area contributed by atoms with Crippen LogP contribution in [0.15, 0.2) is 41.9 Å². The molecule has 3 N–H and O–H groups in total. The van der Waals surface area contributed by atoms with E-state index < -0.39 is 23.4 Å². The number of nitrogens with one attached hydrogen (secondary N) is 3. The molecule has 0 spiro atoms. The average Bonchev–Trinajstić information content (AvgIpc) is 3.58. The summed E-state index contributed by atoms with van der Waals surface area (Å²) >= 11 is 1.45. The van der Waals surface area contributed by atoms with Crippen molar-refractivity contribution in [2.45, 2.75) is 19.0 Å². The minimum atomic E-state index is -4.34. The quantitative estimate of drug-likeness (QED) is 0.330. The van der Waals surface area contributed by atoms with E-state index in [0.29, 0.717) is 16.5 Å². The van der Waals surface area contributed by atoms with Crippen LogP contribution in [0.2, 0.25) is 0 Å². The molecule has 0 bridgehead atoms. The molecule has 38 heavy (non-hydrogen) atoms. The summed E-state index contributed by atoms with van der Waals surface area (Å²) in [6, 6.07) is 9.00. The maximum Gasteiger partial charge on any atom is 0.395 e. The minimum Gasteiger partial charge on any atom is -0.360 e. The zero-order chi connectivity index (χ0) is 26.7. The van der Waals surface area contributed by atoms with Gasteiger partial charge in [-0.1, -0.05) is 18.2 Å². The van der Waals surface area contributed by atoms with Gasteiger partial charge in [0.1, 0.15) is 0 Å². The number of nitrogens with zero attached hydrogens (tertiary/aromatic N) is 3. The Morgan fingerprint density at radius 3 is 2.55 bits per heavy atom. The summed E-state index contributed by atoms with van der Waals surface area (Å²) in [5, 5.41) is 7.56. The summed E-state index contributed by atoms with van der Waals surface area (Å²) in [6.45, 7) is 0.0355. The first-order valence-electron chi connectivity index (χ1n) is 12.1. The largest absolute Gasteiger partial charge is 0.395 e. The van der Waals surface area contributed by atoms with Crippen LogP contribution in [0, 0.1) is 5.41 Å². The summed E-state index contributed by atoms with van der Waals surface area (Å²) < 4.78 is 42.7. The number of piperidine rings is 1. The van der Waals surface area contributed by atoms with E-state index in [9.17, 15) is 22.8 Å². The SMILES string of the molecule is CNCC1(C(F)(F)F)CCN(c2nc(C3=C(c4c[nH]c5ccsc45)C(=O)NC3=O)c3ccccc3n2)CC1. The van der Waals surface area contributed by atoms with Crippen LogP contribution < -0.4 is 15.5 Å². The Bertz CT molecular complexity index is 1610. The van der Waals surface area contributed by atoms with Gasteiger partial charge in [0, 0.05) is 36.8 Å². The zero-order valence-electron chi connectivity index (χ0n) is 20.3. The van der Waals surface area contributed by atoms with Gasteiger partial charge in [0.05, 0.1) is 38.0 Å². The number of hydrogen-bond donors (Lipinski definition) is 3. The first-order valence-corrected chi connectivity index (χ1v) is 13.0. The second-order valence-corrected chi connectivity index (χ2v) is 10.5. The highest BCUT2D eigenvalue weighted by atomic mass is 32.1. The molecule has 2 aliphatic rings. The van der Waals surface area contributed by atoms with E-state index in [1.54, 1.807) is 35.4 Å². The number of anilines is 1. The number of carbonyl (C=O) groups is 2. The van der Waals surface area contributed by atoms with Gasteiger partial charge in [-0.15, -0.1) is 11.3 Å². The number of aromatic nitrogens is 3. The molecule has 0 aliphatic carbocycles. The van der Waals surface area contributed by atoms with E-state index in [4.69, 9.17) is 4.98 Å². The lowest BCUT2D eigenvalue weighted by Crippen LogP contribution is -2.52. The van der Waals surface area contributed by atoms with Gasteiger partial charge in [0.25, 0.3) is 11.8 Å². The number of rotatable bonds is 5. The molecule has 2 aliphatic heterocycles. The van der Waals surface area contributed by atoms with Gasteiger partial charge >= 0.3 is 6.18 Å². The molecule has 0 saturated carbocycles. The molecule has 0 unspecified atom stereocenters. The monoisotopic (exact) mass is 540 g/mol. The molecule has 1 aromatic carbocycles. The second kappa shape index (κ2) is 8.91. The Balaban J connectivity index is 1.48. The number of carbonyl (C=O) groups excluding carboxylic acids is 2. The molecular weight excluding hydrogens is 517 g/mol. The van der Waals surface area contributed by atoms with E-state index in [1.807, 2.05) is 11.4 Å². The number of aromatic amines is 1. The molecule has 0 radical (unpaired) electrons. The van der Waals surface area contributed by atoms with E-state index in [1.165, 1.54) is 18.4 Å². The summed E-state index contributed by atoms with van der Waals surface area (Å²) in [6.07, 6.45) is -2.88. The van der Waals surface area contributed by atoms with Gasteiger partial charge in [-0.05, 0) is 37.4 Å². The number of benzene rings is 1. The van der Waals surface area contributed by atoms with Crippen LogP contribution in [0.1, 0.15) is 24.1 Å². The molecule has 3 aromatic heterocycles. The Hall–Kier alpha value is -3.77. The number of thiophene rings is 1. The lowest BCUT2D eigenvalue weighted by molar-refractivity contribution is -0.229. The highest BCUT2D eigenvalue weighted by Crippen LogP contribution is 2.46. The van der Waals surface area contributed by atoms with Crippen LogP contribution in [0.5, 0.6) is 0 Å². The third-order valence-electron chi connectivity index (χ3n) is 7.43. The first-order chi connectivity index (χ1) is 18.2. The maximum absolute atomic E-state index is 14.0. The van der Waals surface area contributed by atoms with Crippen molar-refractivity contribution in [1.29, 1.82) is 0 Å². The summed E-state index contributed by atoms with van der Waals surface area (Å²) in [7, 11) is 1.52. The third kappa shape index (κ3) is 3.78. The lowest BCUT2D eigenvalue weighted by atomic mass is 9.77. The summed E-state index contributed by atoms with van der Waals surface area (Å²) in [5.74, 6) is -0.869. The molecule has 2 amide bonds.